The Bertz CT molecular complexity index is 979. The highest BCUT2D eigenvalue weighted by Crippen LogP contribution is 2.31. The molecule has 8 nitrogen and oxygen atoms in total. The van der Waals surface area contributed by atoms with Gasteiger partial charge in [0.25, 0.3) is 5.91 Å². The summed E-state index contributed by atoms with van der Waals surface area (Å²) in [6.45, 7) is 0.669. The zero-order valence-corrected chi connectivity index (χ0v) is 17.6. The van der Waals surface area contributed by atoms with Gasteiger partial charge in [0.15, 0.2) is 11.5 Å². The molecule has 8 heteroatoms. The van der Waals surface area contributed by atoms with Gasteiger partial charge >= 0.3 is 6.03 Å². The standard InChI is InChI=1S/C23H25N3O5/c1-30-19-10-9-17(13-20(19)31-2)24-21(27)8-5-11-25-22(28)18-12-15-6-3-4-7-16(15)14-26(18)23(25)29/h3-4,6-7,9-10,13,18H,5,8,11-12,14H2,1-2H3,(H,24,27)/t18-/m0/s1. The van der Waals surface area contributed by atoms with Crippen molar-refractivity contribution < 1.29 is 23.9 Å². The van der Waals surface area contributed by atoms with Crippen LogP contribution in [0.25, 0.3) is 0 Å². The van der Waals surface area contributed by atoms with Gasteiger partial charge in [-0.15, -0.1) is 0 Å². The van der Waals surface area contributed by atoms with E-state index >= 15 is 0 Å². The minimum Gasteiger partial charge on any atom is -0.493 e. The molecule has 162 valence electrons. The Balaban J connectivity index is 1.31. The third kappa shape index (κ3) is 4.05. The summed E-state index contributed by atoms with van der Waals surface area (Å²) in [5, 5.41) is 2.80. The SMILES string of the molecule is COc1ccc(NC(=O)CCCN2C(=O)[C@@H]3Cc4ccccc4CN3C2=O)cc1OC. The summed E-state index contributed by atoms with van der Waals surface area (Å²) >= 11 is 0. The van der Waals surface area contributed by atoms with Crippen LogP contribution in [0.1, 0.15) is 24.0 Å². The number of carbonyl (C=O) groups excluding carboxylic acids is 3. The Kier molecular flexibility index (Phi) is 5.79. The Morgan fingerprint density at radius 1 is 1.06 bits per heavy atom. The molecule has 0 spiro atoms. The van der Waals surface area contributed by atoms with Crippen molar-refractivity contribution in [2.24, 2.45) is 0 Å². The summed E-state index contributed by atoms with van der Waals surface area (Å²) in [6.07, 6.45) is 1.12. The summed E-state index contributed by atoms with van der Waals surface area (Å²) in [7, 11) is 3.07. The van der Waals surface area contributed by atoms with E-state index < -0.39 is 6.04 Å². The van der Waals surface area contributed by atoms with Gasteiger partial charge in [-0.25, -0.2) is 4.79 Å². The minimum absolute atomic E-state index is 0.181. The quantitative estimate of drug-likeness (QED) is 0.692. The molecular weight excluding hydrogens is 398 g/mol. The van der Waals surface area contributed by atoms with Crippen molar-refractivity contribution in [3.63, 3.8) is 0 Å². The number of rotatable bonds is 7. The average Bonchev–Trinajstić information content (AvgIpc) is 3.01. The second kappa shape index (κ2) is 8.67. The molecule has 1 atom stereocenters. The number of anilines is 1. The van der Waals surface area contributed by atoms with Gasteiger partial charge in [0, 0.05) is 37.7 Å². The van der Waals surface area contributed by atoms with Crippen molar-refractivity contribution in [1.29, 1.82) is 0 Å². The van der Waals surface area contributed by atoms with E-state index in [0.717, 1.165) is 11.1 Å². The number of nitrogens with one attached hydrogen (secondary N) is 1. The van der Waals surface area contributed by atoms with Crippen LogP contribution in [0.5, 0.6) is 11.5 Å². The van der Waals surface area contributed by atoms with Crippen LogP contribution in [-0.2, 0) is 22.6 Å². The predicted octanol–water partition coefficient (Wildman–Crippen LogP) is 2.81. The van der Waals surface area contributed by atoms with Gasteiger partial charge in [-0.3, -0.25) is 14.5 Å². The number of benzene rings is 2. The molecule has 2 aliphatic rings. The van der Waals surface area contributed by atoms with E-state index in [0.29, 0.717) is 36.6 Å². The first kappa shape index (κ1) is 20.7. The largest absolute Gasteiger partial charge is 0.493 e. The molecule has 0 unspecified atom stereocenters. The molecule has 2 aromatic carbocycles. The number of ether oxygens (including phenoxy) is 2. The lowest BCUT2D eigenvalue weighted by molar-refractivity contribution is -0.128. The van der Waals surface area contributed by atoms with Crippen LogP contribution in [0.15, 0.2) is 42.5 Å². The first-order valence-electron chi connectivity index (χ1n) is 10.2. The molecule has 2 aliphatic heterocycles. The molecule has 2 heterocycles. The molecule has 1 N–H and O–H groups in total. The van der Waals surface area contributed by atoms with Crippen LogP contribution in [-0.4, -0.2) is 54.5 Å². The molecule has 2 aromatic rings. The first-order valence-corrected chi connectivity index (χ1v) is 10.2. The summed E-state index contributed by atoms with van der Waals surface area (Å²) < 4.78 is 10.4. The van der Waals surface area contributed by atoms with Crippen LogP contribution in [0, 0.1) is 0 Å². The van der Waals surface area contributed by atoms with Gasteiger partial charge in [0.2, 0.25) is 5.91 Å². The Morgan fingerprint density at radius 2 is 1.81 bits per heavy atom. The van der Waals surface area contributed by atoms with Gasteiger partial charge < -0.3 is 19.7 Å². The van der Waals surface area contributed by atoms with Crippen LogP contribution in [0.2, 0.25) is 0 Å². The van der Waals surface area contributed by atoms with Crippen LogP contribution >= 0.6 is 0 Å². The smallest absolute Gasteiger partial charge is 0.327 e. The van der Waals surface area contributed by atoms with Gasteiger partial charge in [-0.1, -0.05) is 24.3 Å². The van der Waals surface area contributed by atoms with Gasteiger partial charge in [-0.05, 0) is 29.7 Å². The molecule has 0 radical (unpaired) electrons. The number of amides is 4. The number of nitrogens with zero attached hydrogens (tertiary/aromatic N) is 2. The lowest BCUT2D eigenvalue weighted by Gasteiger charge is -2.28. The number of fused-ring (bicyclic) bond motifs is 2. The highest BCUT2D eigenvalue weighted by Gasteiger charge is 2.46. The van der Waals surface area contributed by atoms with E-state index in [1.807, 2.05) is 24.3 Å². The zero-order chi connectivity index (χ0) is 22.0. The molecule has 0 aromatic heterocycles. The van der Waals surface area contributed by atoms with Crippen molar-refractivity contribution in [1.82, 2.24) is 9.80 Å². The van der Waals surface area contributed by atoms with Gasteiger partial charge in [-0.2, -0.15) is 0 Å². The fourth-order valence-corrected chi connectivity index (χ4v) is 4.11. The maximum absolute atomic E-state index is 12.8. The molecule has 4 amide bonds. The van der Waals surface area contributed by atoms with Crippen LogP contribution in [0.3, 0.4) is 0 Å². The molecule has 0 saturated carbocycles. The molecule has 0 bridgehead atoms. The number of imide groups is 1. The lowest BCUT2D eigenvalue weighted by Crippen LogP contribution is -2.39. The molecule has 4 rings (SSSR count). The van der Waals surface area contributed by atoms with E-state index in [1.165, 1.54) is 12.0 Å². The van der Waals surface area contributed by atoms with Crippen molar-refractivity contribution in [2.75, 3.05) is 26.1 Å². The highest BCUT2D eigenvalue weighted by atomic mass is 16.5. The molecular formula is C23H25N3O5. The number of methoxy groups -OCH3 is 2. The molecule has 1 fully saturated rings. The van der Waals surface area contributed by atoms with E-state index in [9.17, 15) is 14.4 Å². The molecule has 0 aliphatic carbocycles. The summed E-state index contributed by atoms with van der Waals surface area (Å²) in [5.41, 5.74) is 2.78. The summed E-state index contributed by atoms with van der Waals surface area (Å²) in [4.78, 5) is 40.8. The predicted molar refractivity (Wildman–Crippen MR) is 114 cm³/mol. The zero-order valence-electron chi connectivity index (χ0n) is 17.6. The first-order chi connectivity index (χ1) is 15.0. The van der Waals surface area contributed by atoms with Crippen LogP contribution < -0.4 is 14.8 Å². The van der Waals surface area contributed by atoms with E-state index in [-0.39, 0.29) is 30.8 Å². The number of carbonyl (C=O) groups is 3. The number of hydrogen-bond donors (Lipinski definition) is 1. The fourth-order valence-electron chi connectivity index (χ4n) is 4.11. The number of hydrogen-bond acceptors (Lipinski definition) is 5. The van der Waals surface area contributed by atoms with Crippen LogP contribution in [0.4, 0.5) is 10.5 Å². The van der Waals surface area contributed by atoms with Crippen molar-refractivity contribution >= 4 is 23.5 Å². The van der Waals surface area contributed by atoms with E-state index in [4.69, 9.17) is 9.47 Å². The Labute approximate surface area is 180 Å². The summed E-state index contributed by atoms with van der Waals surface area (Å²) in [5.74, 6) is 0.715. The Hall–Kier alpha value is -3.55. The fraction of sp³-hybridized carbons (Fsp3) is 0.348. The monoisotopic (exact) mass is 423 g/mol. The third-order valence-electron chi connectivity index (χ3n) is 5.73. The maximum atomic E-state index is 12.8. The summed E-state index contributed by atoms with van der Waals surface area (Å²) in [6, 6.07) is 12.3. The maximum Gasteiger partial charge on any atom is 0.327 e. The molecule has 31 heavy (non-hydrogen) atoms. The topological polar surface area (TPSA) is 88.2 Å². The average molecular weight is 423 g/mol. The number of urea groups is 1. The second-order valence-electron chi connectivity index (χ2n) is 7.61. The lowest BCUT2D eigenvalue weighted by atomic mass is 9.95. The minimum atomic E-state index is -0.442. The van der Waals surface area contributed by atoms with Crippen molar-refractivity contribution in [2.45, 2.75) is 31.8 Å². The normalized spacial score (nSPS) is 17.3. The highest BCUT2D eigenvalue weighted by molar-refractivity contribution is 6.04. The third-order valence-corrected chi connectivity index (χ3v) is 5.73. The van der Waals surface area contributed by atoms with E-state index in [2.05, 4.69) is 5.32 Å². The van der Waals surface area contributed by atoms with Gasteiger partial charge in [0.05, 0.1) is 14.2 Å². The van der Waals surface area contributed by atoms with Gasteiger partial charge in [0.1, 0.15) is 6.04 Å². The van der Waals surface area contributed by atoms with E-state index in [1.54, 1.807) is 30.2 Å². The Morgan fingerprint density at radius 3 is 2.55 bits per heavy atom. The van der Waals surface area contributed by atoms with Crippen molar-refractivity contribution in [3.8, 4) is 11.5 Å². The van der Waals surface area contributed by atoms with Crippen molar-refractivity contribution in [3.05, 3.63) is 53.6 Å². The second-order valence-corrected chi connectivity index (χ2v) is 7.61. The molecule has 1 saturated heterocycles.